The van der Waals surface area contributed by atoms with Crippen molar-refractivity contribution in [3.05, 3.63) is 0 Å². The van der Waals surface area contributed by atoms with Crippen LogP contribution in [0.2, 0.25) is 0 Å². The van der Waals surface area contributed by atoms with Crippen LogP contribution < -0.4 is 0 Å². The smallest absolute Gasteiger partial charge is 0.191 e. The lowest BCUT2D eigenvalue weighted by Gasteiger charge is -2.24. The second-order valence-electron chi connectivity index (χ2n) is 4.09. The number of thioether (sulfide) groups is 1. The zero-order valence-electron chi connectivity index (χ0n) is 9.37. The van der Waals surface area contributed by atoms with Crippen molar-refractivity contribution in [2.75, 3.05) is 18.1 Å². The van der Waals surface area contributed by atoms with Gasteiger partial charge < -0.3 is 4.74 Å². The summed E-state index contributed by atoms with van der Waals surface area (Å²) < 4.78 is 5.56. The van der Waals surface area contributed by atoms with Gasteiger partial charge in [0, 0.05) is 17.4 Å². The lowest BCUT2D eigenvalue weighted by atomic mass is 10.2. The molecule has 0 aliphatic heterocycles. The molecule has 0 unspecified atom stereocenters. The molecule has 0 radical (unpaired) electrons. The van der Waals surface area contributed by atoms with Crippen LogP contribution in [0.15, 0.2) is 0 Å². The van der Waals surface area contributed by atoms with Crippen LogP contribution in [-0.4, -0.2) is 28.8 Å². The average Bonchev–Trinajstić information content (AvgIpc) is 2.11. The predicted octanol–water partition coefficient (Wildman–Crippen LogP) is 2.63. The topological polar surface area (TPSA) is 26.3 Å². The number of hydrogen-bond donors (Lipinski definition) is 1. The van der Waals surface area contributed by atoms with Gasteiger partial charge in [-0.1, -0.05) is 25.6 Å². The Morgan fingerprint density at radius 1 is 1.50 bits per heavy atom. The molecule has 0 aliphatic rings. The highest BCUT2D eigenvalue weighted by Gasteiger charge is 2.20. The number of carbonyl (C=O) groups is 1. The second-order valence-corrected chi connectivity index (χ2v) is 5.52. The fraction of sp³-hybridized carbons (Fsp3) is 0.900. The molecule has 0 fully saturated rings. The van der Waals surface area contributed by atoms with E-state index in [9.17, 15) is 4.79 Å². The van der Waals surface area contributed by atoms with E-state index >= 15 is 0 Å². The van der Waals surface area contributed by atoms with Gasteiger partial charge in [-0.2, -0.15) is 12.6 Å². The molecule has 0 aromatic rings. The standard InChI is InChI=1S/C10H20O2S2/c1-8(2)9(11)14-7-10(3,4)12-5-6-13/h8,13H,5-7H2,1-4H3. The Morgan fingerprint density at radius 2 is 2.07 bits per heavy atom. The van der Waals surface area contributed by atoms with E-state index in [1.54, 1.807) is 0 Å². The van der Waals surface area contributed by atoms with Crippen molar-refractivity contribution in [1.82, 2.24) is 0 Å². The van der Waals surface area contributed by atoms with E-state index in [0.717, 1.165) is 0 Å². The Labute approximate surface area is 96.6 Å². The van der Waals surface area contributed by atoms with E-state index in [4.69, 9.17) is 4.74 Å². The minimum absolute atomic E-state index is 0.0979. The van der Waals surface area contributed by atoms with Gasteiger partial charge >= 0.3 is 0 Å². The molecule has 0 aromatic carbocycles. The Morgan fingerprint density at radius 3 is 2.50 bits per heavy atom. The lowest BCUT2D eigenvalue weighted by molar-refractivity contribution is -0.113. The zero-order chi connectivity index (χ0) is 11.2. The summed E-state index contributed by atoms with van der Waals surface area (Å²) in [5.41, 5.74) is -0.238. The van der Waals surface area contributed by atoms with Gasteiger partial charge in [0.1, 0.15) is 0 Å². The monoisotopic (exact) mass is 236 g/mol. The molecule has 0 heterocycles. The third kappa shape index (κ3) is 6.74. The fourth-order valence-electron chi connectivity index (χ4n) is 0.775. The van der Waals surface area contributed by atoms with Crippen LogP contribution in [0.25, 0.3) is 0 Å². The molecule has 0 N–H and O–H groups in total. The summed E-state index contributed by atoms with van der Waals surface area (Å²) in [7, 11) is 0. The van der Waals surface area contributed by atoms with Gasteiger partial charge in [-0.05, 0) is 13.8 Å². The van der Waals surface area contributed by atoms with E-state index in [0.29, 0.717) is 18.1 Å². The first-order valence-corrected chi connectivity index (χ1v) is 6.42. The Bertz CT molecular complexity index is 179. The van der Waals surface area contributed by atoms with Gasteiger partial charge in [0.15, 0.2) is 5.12 Å². The van der Waals surface area contributed by atoms with E-state index in [1.165, 1.54) is 11.8 Å². The maximum atomic E-state index is 11.4. The summed E-state index contributed by atoms with van der Waals surface area (Å²) in [6, 6.07) is 0. The first-order valence-electron chi connectivity index (χ1n) is 4.80. The molecule has 0 rings (SSSR count). The van der Waals surface area contributed by atoms with E-state index < -0.39 is 0 Å². The van der Waals surface area contributed by atoms with Crippen molar-refractivity contribution in [3.8, 4) is 0 Å². The van der Waals surface area contributed by atoms with Crippen molar-refractivity contribution < 1.29 is 9.53 Å². The molecule has 84 valence electrons. The van der Waals surface area contributed by atoms with E-state index in [2.05, 4.69) is 12.6 Å². The highest BCUT2D eigenvalue weighted by Crippen LogP contribution is 2.20. The summed E-state index contributed by atoms with van der Waals surface area (Å²) in [4.78, 5) is 11.4. The molecule has 0 atom stereocenters. The van der Waals surface area contributed by atoms with Crippen LogP contribution in [0.4, 0.5) is 0 Å². The fourth-order valence-corrected chi connectivity index (χ4v) is 1.77. The molecule has 0 bridgehead atoms. The maximum Gasteiger partial charge on any atom is 0.191 e. The minimum atomic E-state index is -0.238. The molecule has 0 amide bonds. The van der Waals surface area contributed by atoms with Crippen molar-refractivity contribution in [2.45, 2.75) is 33.3 Å². The zero-order valence-corrected chi connectivity index (χ0v) is 11.1. The molecule has 0 aliphatic carbocycles. The van der Waals surface area contributed by atoms with Crippen LogP contribution in [0.1, 0.15) is 27.7 Å². The van der Waals surface area contributed by atoms with E-state index in [-0.39, 0.29) is 16.6 Å². The molecule has 0 saturated heterocycles. The SMILES string of the molecule is CC(C)C(=O)SCC(C)(C)OCCS. The number of hydrogen-bond acceptors (Lipinski definition) is 4. The largest absolute Gasteiger partial charge is 0.374 e. The number of carbonyl (C=O) groups excluding carboxylic acids is 1. The summed E-state index contributed by atoms with van der Waals surface area (Å²) in [6.45, 7) is 8.45. The van der Waals surface area contributed by atoms with Crippen LogP contribution in [0.5, 0.6) is 0 Å². The molecule has 2 nitrogen and oxygen atoms in total. The van der Waals surface area contributed by atoms with Gasteiger partial charge in [-0.15, -0.1) is 0 Å². The molecular formula is C10H20O2S2. The lowest BCUT2D eigenvalue weighted by Crippen LogP contribution is -2.29. The van der Waals surface area contributed by atoms with Gasteiger partial charge in [0.2, 0.25) is 0 Å². The maximum absolute atomic E-state index is 11.4. The highest BCUT2D eigenvalue weighted by atomic mass is 32.2. The van der Waals surface area contributed by atoms with Gasteiger partial charge in [0.25, 0.3) is 0 Å². The summed E-state index contributed by atoms with van der Waals surface area (Å²) in [6.07, 6.45) is 0. The van der Waals surface area contributed by atoms with Crippen molar-refractivity contribution in [2.24, 2.45) is 5.92 Å². The number of thiol groups is 1. The van der Waals surface area contributed by atoms with Gasteiger partial charge in [-0.3, -0.25) is 4.79 Å². The molecule has 4 heteroatoms. The number of ether oxygens (including phenoxy) is 1. The van der Waals surface area contributed by atoms with Crippen LogP contribution in [0.3, 0.4) is 0 Å². The van der Waals surface area contributed by atoms with Gasteiger partial charge in [0.05, 0.1) is 12.2 Å². The number of rotatable bonds is 6. The normalized spacial score (nSPS) is 12.1. The molecule has 0 spiro atoms. The quantitative estimate of drug-likeness (QED) is 0.718. The molecule has 14 heavy (non-hydrogen) atoms. The van der Waals surface area contributed by atoms with Gasteiger partial charge in [-0.25, -0.2) is 0 Å². The summed E-state index contributed by atoms with van der Waals surface area (Å²) in [5.74, 6) is 1.52. The minimum Gasteiger partial charge on any atom is -0.374 e. The van der Waals surface area contributed by atoms with Crippen molar-refractivity contribution in [1.29, 1.82) is 0 Å². The van der Waals surface area contributed by atoms with Crippen molar-refractivity contribution >= 4 is 29.5 Å². The first kappa shape index (κ1) is 14.3. The highest BCUT2D eigenvalue weighted by molar-refractivity contribution is 8.13. The predicted molar refractivity (Wildman–Crippen MR) is 66.2 cm³/mol. The summed E-state index contributed by atoms with van der Waals surface area (Å²) >= 11 is 5.43. The molecule has 0 aromatic heterocycles. The average molecular weight is 236 g/mol. The molecule has 0 saturated carbocycles. The Hall–Kier alpha value is 0.330. The molecular weight excluding hydrogens is 216 g/mol. The summed E-state index contributed by atoms with van der Waals surface area (Å²) in [5, 5.41) is 0.229. The van der Waals surface area contributed by atoms with Crippen LogP contribution in [-0.2, 0) is 9.53 Å². The third-order valence-electron chi connectivity index (χ3n) is 1.62. The van der Waals surface area contributed by atoms with Crippen LogP contribution >= 0.6 is 24.4 Å². The van der Waals surface area contributed by atoms with Crippen LogP contribution in [0, 0.1) is 5.92 Å². The second kappa shape index (κ2) is 6.75. The third-order valence-corrected chi connectivity index (χ3v) is 3.40. The first-order chi connectivity index (χ1) is 6.39. The Balaban J connectivity index is 3.80. The Kier molecular flexibility index (Phi) is 6.91. The van der Waals surface area contributed by atoms with Crippen molar-refractivity contribution in [3.63, 3.8) is 0 Å². The van der Waals surface area contributed by atoms with E-state index in [1.807, 2.05) is 27.7 Å².